The van der Waals surface area contributed by atoms with Crippen LogP contribution in [0.15, 0.2) is 29.2 Å². The van der Waals surface area contributed by atoms with E-state index in [9.17, 15) is 9.59 Å². The topological polar surface area (TPSA) is 46.6 Å². The zero-order chi connectivity index (χ0) is 12.1. The molecule has 0 atom stereocenters. The van der Waals surface area contributed by atoms with Crippen molar-refractivity contribution in [1.29, 1.82) is 0 Å². The first-order valence-corrected chi connectivity index (χ1v) is 5.43. The summed E-state index contributed by atoms with van der Waals surface area (Å²) < 4.78 is 4.57. The van der Waals surface area contributed by atoms with Crippen LogP contribution >= 0.6 is 11.8 Å². The second-order valence-corrected chi connectivity index (χ2v) is 4.30. The highest BCUT2D eigenvalue weighted by Gasteiger charge is 2.08. The Labute approximate surface area is 98.6 Å². The molecule has 0 aliphatic rings. The highest BCUT2D eigenvalue weighted by molar-refractivity contribution is 8.13. The molecule has 0 aromatic heterocycles. The average molecular weight is 239 g/mol. The van der Waals surface area contributed by atoms with Gasteiger partial charge >= 0.3 is 5.97 Å². The van der Waals surface area contributed by atoms with E-state index in [-0.39, 0.29) is 11.2 Å². The van der Waals surface area contributed by atoms with E-state index < -0.39 is 0 Å². The van der Waals surface area contributed by atoms with Gasteiger partial charge in [-0.2, -0.15) is 0 Å². The third-order valence-electron chi connectivity index (χ3n) is 1.85. The molecule has 1 aromatic carbocycles. The minimum Gasteiger partial charge on any atom is -0.465 e. The van der Waals surface area contributed by atoms with E-state index in [4.69, 9.17) is 0 Å². The molecule has 1 rings (SSSR count). The van der Waals surface area contributed by atoms with Crippen LogP contribution in [0.1, 0.15) is 10.4 Å². The molecule has 16 heavy (non-hydrogen) atoms. The number of amides is 1. The number of ether oxygens (including phenoxy) is 1. The first-order chi connectivity index (χ1) is 7.54. The zero-order valence-electron chi connectivity index (χ0n) is 9.39. The molecule has 1 amide bonds. The number of esters is 1. The molecule has 0 aliphatic carbocycles. The second-order valence-electron chi connectivity index (χ2n) is 3.28. The van der Waals surface area contributed by atoms with Gasteiger partial charge in [0.1, 0.15) is 0 Å². The number of hydrogen-bond donors (Lipinski definition) is 0. The SMILES string of the molecule is COC(=O)c1ccc(SC(=O)N(C)C)cc1. The molecule has 0 unspecified atom stereocenters. The van der Waals surface area contributed by atoms with Crippen LogP contribution in [0.25, 0.3) is 0 Å². The molecule has 0 spiro atoms. The maximum absolute atomic E-state index is 11.4. The van der Waals surface area contributed by atoms with Crippen molar-refractivity contribution in [1.82, 2.24) is 4.90 Å². The standard InChI is InChI=1S/C11H13NO3S/c1-12(2)11(14)16-9-6-4-8(5-7-9)10(13)15-3/h4-7H,1-3H3. The number of rotatable bonds is 2. The Morgan fingerprint density at radius 3 is 2.19 bits per heavy atom. The van der Waals surface area contributed by atoms with Crippen molar-refractivity contribution < 1.29 is 14.3 Å². The van der Waals surface area contributed by atoms with Crippen LogP contribution in [0, 0.1) is 0 Å². The van der Waals surface area contributed by atoms with Crippen molar-refractivity contribution in [3.05, 3.63) is 29.8 Å². The molecule has 0 saturated carbocycles. The van der Waals surface area contributed by atoms with Gasteiger partial charge in [0.15, 0.2) is 0 Å². The molecule has 4 nitrogen and oxygen atoms in total. The minimum absolute atomic E-state index is 0.0502. The van der Waals surface area contributed by atoms with E-state index >= 15 is 0 Å². The molecule has 1 aromatic rings. The van der Waals surface area contributed by atoms with Gasteiger partial charge in [0.2, 0.25) is 0 Å². The number of methoxy groups -OCH3 is 1. The van der Waals surface area contributed by atoms with Gasteiger partial charge in [-0.05, 0) is 36.0 Å². The van der Waals surface area contributed by atoms with E-state index in [0.717, 1.165) is 16.7 Å². The number of thioether (sulfide) groups is 1. The van der Waals surface area contributed by atoms with Crippen LogP contribution in [0.3, 0.4) is 0 Å². The van der Waals surface area contributed by atoms with Crippen molar-refractivity contribution in [3.63, 3.8) is 0 Å². The summed E-state index contributed by atoms with van der Waals surface area (Å²) >= 11 is 1.11. The minimum atomic E-state index is -0.379. The normalized spacial score (nSPS) is 9.69. The van der Waals surface area contributed by atoms with Crippen molar-refractivity contribution >= 4 is 23.0 Å². The number of benzene rings is 1. The Hall–Kier alpha value is -1.49. The van der Waals surface area contributed by atoms with Gasteiger partial charge in [0, 0.05) is 19.0 Å². The Kier molecular flexibility index (Phi) is 4.37. The van der Waals surface area contributed by atoms with Crippen LogP contribution < -0.4 is 0 Å². The highest BCUT2D eigenvalue weighted by Crippen LogP contribution is 2.20. The first-order valence-electron chi connectivity index (χ1n) is 4.62. The van der Waals surface area contributed by atoms with Gasteiger partial charge in [-0.25, -0.2) is 4.79 Å². The molecular formula is C11H13NO3S. The van der Waals surface area contributed by atoms with Crippen LogP contribution in [-0.2, 0) is 4.74 Å². The maximum atomic E-state index is 11.4. The van der Waals surface area contributed by atoms with Gasteiger partial charge in [-0.15, -0.1) is 0 Å². The van der Waals surface area contributed by atoms with E-state index in [1.165, 1.54) is 12.0 Å². The summed E-state index contributed by atoms with van der Waals surface area (Å²) in [4.78, 5) is 24.8. The van der Waals surface area contributed by atoms with Crippen LogP contribution in [0.2, 0.25) is 0 Å². The van der Waals surface area contributed by atoms with Crippen LogP contribution in [-0.4, -0.2) is 37.3 Å². The Balaban J connectivity index is 2.72. The lowest BCUT2D eigenvalue weighted by Crippen LogP contribution is -2.16. The Morgan fingerprint density at radius 1 is 1.19 bits per heavy atom. The molecule has 86 valence electrons. The zero-order valence-corrected chi connectivity index (χ0v) is 10.2. The molecular weight excluding hydrogens is 226 g/mol. The largest absolute Gasteiger partial charge is 0.465 e. The van der Waals surface area contributed by atoms with Crippen molar-refractivity contribution in [2.75, 3.05) is 21.2 Å². The Bertz CT molecular complexity index is 387. The summed E-state index contributed by atoms with van der Waals surface area (Å²) in [5.74, 6) is -0.379. The number of nitrogens with zero attached hydrogens (tertiary/aromatic N) is 1. The maximum Gasteiger partial charge on any atom is 0.337 e. The third kappa shape index (κ3) is 3.27. The average Bonchev–Trinajstić information content (AvgIpc) is 2.28. The Morgan fingerprint density at radius 2 is 1.75 bits per heavy atom. The molecule has 0 saturated heterocycles. The summed E-state index contributed by atoms with van der Waals surface area (Å²) in [5.41, 5.74) is 0.476. The van der Waals surface area contributed by atoms with Crippen molar-refractivity contribution in [2.24, 2.45) is 0 Å². The fourth-order valence-corrected chi connectivity index (χ4v) is 1.63. The summed E-state index contributed by atoms with van der Waals surface area (Å²) in [5, 5.41) is -0.0502. The second kappa shape index (κ2) is 5.55. The lowest BCUT2D eigenvalue weighted by atomic mass is 10.2. The number of carbonyl (C=O) groups is 2. The molecule has 0 bridgehead atoms. The summed E-state index contributed by atoms with van der Waals surface area (Å²) in [6.07, 6.45) is 0. The van der Waals surface area contributed by atoms with Crippen molar-refractivity contribution in [2.45, 2.75) is 4.90 Å². The summed E-state index contributed by atoms with van der Waals surface area (Å²) in [7, 11) is 4.72. The van der Waals surface area contributed by atoms with Gasteiger partial charge in [0.25, 0.3) is 5.24 Å². The monoisotopic (exact) mass is 239 g/mol. The van der Waals surface area contributed by atoms with Crippen LogP contribution in [0.5, 0.6) is 0 Å². The first kappa shape index (κ1) is 12.6. The smallest absolute Gasteiger partial charge is 0.337 e. The van der Waals surface area contributed by atoms with Gasteiger partial charge in [-0.1, -0.05) is 0 Å². The molecule has 5 heteroatoms. The summed E-state index contributed by atoms with van der Waals surface area (Å²) in [6.45, 7) is 0. The van der Waals surface area contributed by atoms with Gasteiger partial charge in [0.05, 0.1) is 12.7 Å². The van der Waals surface area contributed by atoms with Gasteiger partial charge < -0.3 is 9.64 Å². The highest BCUT2D eigenvalue weighted by atomic mass is 32.2. The quantitative estimate of drug-likeness (QED) is 0.586. The van der Waals surface area contributed by atoms with Gasteiger partial charge in [-0.3, -0.25) is 4.79 Å². The lowest BCUT2D eigenvalue weighted by molar-refractivity contribution is 0.0600. The van der Waals surface area contributed by atoms with E-state index in [0.29, 0.717) is 5.56 Å². The lowest BCUT2D eigenvalue weighted by Gasteiger charge is -2.09. The summed E-state index contributed by atoms with van der Waals surface area (Å²) in [6, 6.07) is 6.71. The van der Waals surface area contributed by atoms with E-state index in [2.05, 4.69) is 4.74 Å². The van der Waals surface area contributed by atoms with Crippen LogP contribution in [0.4, 0.5) is 4.79 Å². The third-order valence-corrected chi connectivity index (χ3v) is 2.89. The fraction of sp³-hybridized carbons (Fsp3) is 0.273. The molecule has 0 heterocycles. The number of hydrogen-bond acceptors (Lipinski definition) is 4. The number of carbonyl (C=O) groups excluding carboxylic acids is 2. The van der Waals surface area contributed by atoms with Crippen molar-refractivity contribution in [3.8, 4) is 0 Å². The predicted octanol–water partition coefficient (Wildman–Crippen LogP) is 2.25. The molecule has 0 N–H and O–H groups in total. The van der Waals surface area contributed by atoms with E-state index in [1.807, 2.05) is 0 Å². The molecule has 0 aliphatic heterocycles. The van der Waals surface area contributed by atoms with E-state index in [1.54, 1.807) is 38.4 Å². The molecule has 0 fully saturated rings. The fourth-order valence-electron chi connectivity index (χ4n) is 0.969. The molecule has 0 radical (unpaired) electrons. The predicted molar refractivity (Wildman–Crippen MR) is 62.7 cm³/mol.